The van der Waals surface area contributed by atoms with Gasteiger partial charge >= 0.3 is 0 Å². The molecule has 0 saturated heterocycles. The molecule has 0 radical (unpaired) electrons. The number of carbonyl (C=O) groups excluding carboxylic acids is 2. The van der Waals surface area contributed by atoms with Crippen LogP contribution in [-0.2, 0) is 11.2 Å². The van der Waals surface area contributed by atoms with E-state index in [1.165, 1.54) is 12.1 Å². The zero-order valence-corrected chi connectivity index (χ0v) is 18.4. The number of nitrogens with one attached hydrogen (secondary N) is 2. The topological polar surface area (TPSA) is 89.0 Å². The third-order valence-corrected chi connectivity index (χ3v) is 4.67. The van der Waals surface area contributed by atoms with E-state index in [9.17, 15) is 9.59 Å². The molecule has 0 aliphatic rings. The first kappa shape index (κ1) is 23.5. The molecule has 2 rings (SSSR count). The minimum absolute atomic E-state index is 0.0561. The Hall–Kier alpha value is -2.77. The highest BCUT2D eigenvalue weighted by Gasteiger charge is 2.11. The van der Waals surface area contributed by atoms with Crippen LogP contribution in [0.4, 0.5) is 0 Å². The van der Waals surface area contributed by atoms with E-state index in [1.54, 1.807) is 27.2 Å². The Bertz CT molecular complexity index is 948. The van der Waals surface area contributed by atoms with Crippen molar-refractivity contribution in [3.63, 3.8) is 0 Å². The lowest BCUT2D eigenvalue weighted by molar-refractivity contribution is -0.119. The molecule has 0 fully saturated rings. The van der Waals surface area contributed by atoms with Crippen molar-refractivity contribution in [3.8, 4) is 11.5 Å². The lowest BCUT2D eigenvalue weighted by Crippen LogP contribution is -2.28. The molecule has 30 heavy (non-hydrogen) atoms. The van der Waals surface area contributed by atoms with Gasteiger partial charge in [0.05, 0.1) is 31.2 Å². The third kappa shape index (κ3) is 6.93. The van der Waals surface area contributed by atoms with Gasteiger partial charge in [0.15, 0.2) is 11.5 Å². The van der Waals surface area contributed by atoms with E-state index in [4.69, 9.17) is 32.7 Å². The first-order chi connectivity index (χ1) is 14.3. The standard InChI is InChI=1S/C21H23Cl2N3O4/c1-13(25-26-21(28)16-6-5-15(22)12-17(16)23)10-20(27)24-9-8-14-4-7-18(29-2)19(11-14)30-3/h4-7,11-12H,8-10H2,1-3H3,(H,24,27)(H,26,28)/b25-13-. The molecule has 0 aliphatic carbocycles. The average molecular weight is 452 g/mol. The highest BCUT2D eigenvalue weighted by molar-refractivity contribution is 6.36. The largest absolute Gasteiger partial charge is 0.493 e. The van der Waals surface area contributed by atoms with Crippen molar-refractivity contribution >= 4 is 40.7 Å². The summed E-state index contributed by atoms with van der Waals surface area (Å²) in [6.45, 7) is 2.10. The molecule has 9 heteroatoms. The molecule has 0 aliphatic heterocycles. The summed E-state index contributed by atoms with van der Waals surface area (Å²) in [5, 5.41) is 7.42. The van der Waals surface area contributed by atoms with Gasteiger partial charge in [-0.1, -0.05) is 29.3 Å². The number of nitrogens with zero attached hydrogens (tertiary/aromatic N) is 1. The molecule has 0 bridgehead atoms. The fraction of sp³-hybridized carbons (Fsp3) is 0.286. The summed E-state index contributed by atoms with van der Waals surface area (Å²) < 4.78 is 10.5. The average Bonchev–Trinajstić information content (AvgIpc) is 2.71. The maximum absolute atomic E-state index is 12.1. The van der Waals surface area contributed by atoms with Crippen LogP contribution in [0.1, 0.15) is 29.3 Å². The highest BCUT2D eigenvalue weighted by atomic mass is 35.5. The Morgan fingerprint density at radius 1 is 1.03 bits per heavy atom. The lowest BCUT2D eigenvalue weighted by atomic mass is 10.1. The second kappa shape index (κ2) is 11.4. The summed E-state index contributed by atoms with van der Waals surface area (Å²) in [4.78, 5) is 24.2. The molecule has 7 nitrogen and oxygen atoms in total. The predicted molar refractivity (Wildman–Crippen MR) is 118 cm³/mol. The first-order valence-corrected chi connectivity index (χ1v) is 9.85. The summed E-state index contributed by atoms with van der Waals surface area (Å²) in [5.41, 5.74) is 4.09. The van der Waals surface area contributed by atoms with Crippen molar-refractivity contribution in [1.82, 2.24) is 10.7 Å². The predicted octanol–water partition coefficient (Wildman–Crippen LogP) is 3.87. The smallest absolute Gasteiger partial charge is 0.272 e. The van der Waals surface area contributed by atoms with E-state index in [0.29, 0.717) is 35.2 Å². The number of carbonyl (C=O) groups is 2. The third-order valence-electron chi connectivity index (χ3n) is 4.12. The van der Waals surface area contributed by atoms with Crippen molar-refractivity contribution in [2.75, 3.05) is 20.8 Å². The van der Waals surface area contributed by atoms with E-state index >= 15 is 0 Å². The summed E-state index contributed by atoms with van der Waals surface area (Å²) >= 11 is 11.8. The van der Waals surface area contributed by atoms with Crippen LogP contribution in [0.25, 0.3) is 0 Å². The molecule has 0 unspecified atom stereocenters. The number of halogens is 2. The van der Waals surface area contributed by atoms with Gasteiger partial charge < -0.3 is 14.8 Å². The fourth-order valence-corrected chi connectivity index (χ4v) is 3.09. The van der Waals surface area contributed by atoms with Gasteiger partial charge in [-0.3, -0.25) is 9.59 Å². The minimum atomic E-state index is -0.482. The number of rotatable bonds is 9. The number of ether oxygens (including phenoxy) is 2. The van der Waals surface area contributed by atoms with Gasteiger partial charge in [0, 0.05) is 17.3 Å². The van der Waals surface area contributed by atoms with E-state index in [1.807, 2.05) is 18.2 Å². The Balaban J connectivity index is 1.80. The van der Waals surface area contributed by atoms with Crippen LogP contribution in [-0.4, -0.2) is 38.3 Å². The Morgan fingerprint density at radius 3 is 2.43 bits per heavy atom. The minimum Gasteiger partial charge on any atom is -0.493 e. The van der Waals surface area contributed by atoms with E-state index < -0.39 is 5.91 Å². The number of methoxy groups -OCH3 is 2. The molecular formula is C21H23Cl2N3O4. The van der Waals surface area contributed by atoms with Crippen LogP contribution in [0.2, 0.25) is 10.0 Å². The van der Waals surface area contributed by atoms with Crippen LogP contribution < -0.4 is 20.2 Å². The second-order valence-corrected chi connectivity index (χ2v) is 7.22. The SMILES string of the molecule is COc1ccc(CCNC(=O)C/C(C)=N\NC(=O)c2ccc(Cl)cc2Cl)cc1OC. The lowest BCUT2D eigenvalue weighted by Gasteiger charge is -2.10. The number of hydrazone groups is 1. The maximum Gasteiger partial charge on any atom is 0.272 e. The molecule has 2 aromatic carbocycles. The molecule has 2 amide bonds. The number of benzene rings is 2. The fourth-order valence-electron chi connectivity index (χ4n) is 2.60. The van der Waals surface area contributed by atoms with E-state index in [2.05, 4.69) is 15.8 Å². The normalized spacial score (nSPS) is 11.0. The Kier molecular flexibility index (Phi) is 8.95. The van der Waals surface area contributed by atoms with Crippen molar-refractivity contribution in [1.29, 1.82) is 0 Å². The van der Waals surface area contributed by atoms with Gasteiger partial charge in [-0.05, 0) is 49.2 Å². The zero-order valence-electron chi connectivity index (χ0n) is 16.9. The molecule has 0 aromatic heterocycles. The molecular weight excluding hydrogens is 429 g/mol. The monoisotopic (exact) mass is 451 g/mol. The second-order valence-electron chi connectivity index (χ2n) is 6.38. The van der Waals surface area contributed by atoms with Crippen LogP contribution in [0.5, 0.6) is 11.5 Å². The summed E-state index contributed by atoms with van der Waals surface area (Å²) in [7, 11) is 3.15. The number of hydrogen-bond donors (Lipinski definition) is 2. The van der Waals surface area contributed by atoms with E-state index in [0.717, 1.165) is 5.56 Å². The van der Waals surface area contributed by atoms with Crippen molar-refractivity contribution < 1.29 is 19.1 Å². The van der Waals surface area contributed by atoms with E-state index in [-0.39, 0.29) is 22.9 Å². The summed E-state index contributed by atoms with van der Waals surface area (Å²) in [5.74, 6) is 0.611. The van der Waals surface area contributed by atoms with Crippen molar-refractivity contribution in [3.05, 3.63) is 57.6 Å². The molecule has 0 heterocycles. The van der Waals surface area contributed by atoms with Crippen molar-refractivity contribution in [2.24, 2.45) is 5.10 Å². The number of amides is 2. The Labute approximate surface area is 185 Å². The maximum atomic E-state index is 12.1. The van der Waals surface area contributed by atoms with Gasteiger partial charge in [0.1, 0.15) is 0 Å². The van der Waals surface area contributed by atoms with Crippen molar-refractivity contribution in [2.45, 2.75) is 19.8 Å². The first-order valence-electron chi connectivity index (χ1n) is 9.10. The molecule has 0 saturated carbocycles. The summed E-state index contributed by atoms with van der Waals surface area (Å²) in [6.07, 6.45) is 0.689. The van der Waals surface area contributed by atoms with Gasteiger partial charge in [0.25, 0.3) is 5.91 Å². The summed E-state index contributed by atoms with van der Waals surface area (Å²) in [6, 6.07) is 10.1. The van der Waals surface area contributed by atoms with Crippen LogP contribution >= 0.6 is 23.2 Å². The van der Waals surface area contributed by atoms with Crippen LogP contribution in [0.3, 0.4) is 0 Å². The Morgan fingerprint density at radius 2 is 1.77 bits per heavy atom. The number of hydrogen-bond acceptors (Lipinski definition) is 5. The zero-order chi connectivity index (χ0) is 22.1. The van der Waals surface area contributed by atoms with Gasteiger partial charge in [-0.15, -0.1) is 0 Å². The van der Waals surface area contributed by atoms with Gasteiger partial charge in [0.2, 0.25) is 5.91 Å². The van der Waals surface area contributed by atoms with Gasteiger partial charge in [-0.25, -0.2) is 5.43 Å². The highest BCUT2D eigenvalue weighted by Crippen LogP contribution is 2.27. The molecule has 2 aromatic rings. The molecule has 160 valence electrons. The molecule has 2 N–H and O–H groups in total. The molecule has 0 atom stereocenters. The van der Waals surface area contributed by atoms with Gasteiger partial charge in [-0.2, -0.15) is 5.10 Å². The van der Waals surface area contributed by atoms with Crippen LogP contribution in [0, 0.1) is 0 Å². The quantitative estimate of drug-likeness (QED) is 0.447. The van der Waals surface area contributed by atoms with Crippen LogP contribution in [0.15, 0.2) is 41.5 Å². The molecule has 0 spiro atoms.